The van der Waals surface area contributed by atoms with Gasteiger partial charge in [-0.25, -0.2) is 0 Å². The molecule has 1 aliphatic heterocycles. The molecule has 5 heteroatoms. The smallest absolute Gasteiger partial charge is 0.367 e. The third-order valence-electron chi connectivity index (χ3n) is 2.61. The van der Waals surface area contributed by atoms with Crippen LogP contribution in [0.15, 0.2) is 36.4 Å². The predicted molar refractivity (Wildman–Crippen MR) is 64.7 cm³/mol. The first-order valence-electron chi connectivity index (χ1n) is 5.15. The lowest BCUT2D eigenvalue weighted by molar-refractivity contribution is -0.137. The zero-order valence-corrected chi connectivity index (χ0v) is 9.89. The van der Waals surface area contributed by atoms with E-state index in [1.807, 2.05) is 12.2 Å². The van der Waals surface area contributed by atoms with Crippen molar-refractivity contribution in [1.29, 1.82) is 0 Å². The predicted octanol–water partition coefficient (Wildman–Crippen LogP) is 3.89. The highest BCUT2D eigenvalue weighted by molar-refractivity contribution is 5.85. The van der Waals surface area contributed by atoms with Crippen LogP contribution in [0.2, 0.25) is 0 Å². The maximum Gasteiger partial charge on any atom is 0.418 e. The van der Waals surface area contributed by atoms with Crippen molar-refractivity contribution in [3.05, 3.63) is 42.0 Å². The number of rotatable bonds is 1. The molecule has 94 valence electrons. The number of para-hydroxylation sites is 1. The van der Waals surface area contributed by atoms with Crippen molar-refractivity contribution in [2.75, 3.05) is 18.0 Å². The second kappa shape index (κ2) is 5.45. The molecule has 0 spiro atoms. The fourth-order valence-corrected chi connectivity index (χ4v) is 1.85. The van der Waals surface area contributed by atoms with Crippen LogP contribution < -0.4 is 4.90 Å². The Morgan fingerprint density at radius 3 is 2.35 bits per heavy atom. The molecular formula is C12H13ClF3N. The number of hydrogen-bond acceptors (Lipinski definition) is 1. The molecule has 0 aromatic heterocycles. The van der Waals surface area contributed by atoms with Crippen molar-refractivity contribution in [3.63, 3.8) is 0 Å². The molecule has 0 saturated heterocycles. The topological polar surface area (TPSA) is 3.24 Å². The van der Waals surface area contributed by atoms with Crippen molar-refractivity contribution in [3.8, 4) is 0 Å². The Morgan fingerprint density at radius 2 is 1.76 bits per heavy atom. The van der Waals surface area contributed by atoms with Crippen LogP contribution in [-0.4, -0.2) is 13.1 Å². The zero-order chi connectivity index (χ0) is 11.6. The molecule has 1 nitrogen and oxygen atoms in total. The van der Waals surface area contributed by atoms with Crippen molar-refractivity contribution < 1.29 is 13.2 Å². The first kappa shape index (κ1) is 13.9. The van der Waals surface area contributed by atoms with Crippen LogP contribution in [0.5, 0.6) is 0 Å². The van der Waals surface area contributed by atoms with E-state index < -0.39 is 11.7 Å². The molecule has 17 heavy (non-hydrogen) atoms. The van der Waals surface area contributed by atoms with E-state index in [1.165, 1.54) is 12.1 Å². The standard InChI is InChI=1S/C12H12F3N.ClH/c13-12(14,15)10-6-2-3-7-11(10)16-8-4-1-5-9-16;/h1-4,6-7H,5,8-9H2;1H. The molecule has 0 saturated carbocycles. The van der Waals surface area contributed by atoms with E-state index >= 15 is 0 Å². The summed E-state index contributed by atoms with van der Waals surface area (Å²) in [6.07, 6.45) is 0.410. The first-order chi connectivity index (χ1) is 7.59. The molecule has 2 rings (SSSR count). The molecule has 1 aliphatic rings. The van der Waals surface area contributed by atoms with Crippen LogP contribution >= 0.6 is 12.4 Å². The Kier molecular flexibility index (Phi) is 4.46. The molecule has 0 amide bonds. The number of halogens is 4. The largest absolute Gasteiger partial charge is 0.418 e. The van der Waals surface area contributed by atoms with Crippen LogP contribution in [-0.2, 0) is 6.18 Å². The minimum atomic E-state index is -4.28. The summed E-state index contributed by atoms with van der Waals surface area (Å²) in [5.74, 6) is 0. The van der Waals surface area contributed by atoms with Crippen LogP contribution in [0.4, 0.5) is 18.9 Å². The van der Waals surface area contributed by atoms with Gasteiger partial charge in [0.05, 0.1) is 5.56 Å². The number of alkyl halides is 3. The van der Waals surface area contributed by atoms with Gasteiger partial charge in [-0.1, -0.05) is 24.3 Å². The molecule has 0 N–H and O–H groups in total. The van der Waals surface area contributed by atoms with Crippen molar-refractivity contribution >= 4 is 18.1 Å². The highest BCUT2D eigenvalue weighted by atomic mass is 35.5. The van der Waals surface area contributed by atoms with Gasteiger partial charge in [0.15, 0.2) is 0 Å². The lowest BCUT2D eigenvalue weighted by atomic mass is 10.1. The quantitative estimate of drug-likeness (QED) is 0.695. The summed E-state index contributed by atoms with van der Waals surface area (Å²) in [7, 11) is 0. The Balaban J connectivity index is 0.00000144. The average molecular weight is 264 g/mol. The number of benzene rings is 1. The van der Waals surface area contributed by atoms with E-state index in [9.17, 15) is 13.2 Å². The van der Waals surface area contributed by atoms with Crippen LogP contribution in [0, 0.1) is 0 Å². The van der Waals surface area contributed by atoms with Gasteiger partial charge in [-0.15, -0.1) is 12.4 Å². The third-order valence-corrected chi connectivity index (χ3v) is 2.61. The number of anilines is 1. The molecule has 0 atom stereocenters. The summed E-state index contributed by atoms with van der Waals surface area (Å²) in [5.41, 5.74) is -0.273. The maximum absolute atomic E-state index is 12.8. The highest BCUT2D eigenvalue weighted by Crippen LogP contribution is 2.36. The van der Waals surface area contributed by atoms with Crippen molar-refractivity contribution in [2.24, 2.45) is 0 Å². The van der Waals surface area contributed by atoms with E-state index in [0.29, 0.717) is 13.1 Å². The fourth-order valence-electron chi connectivity index (χ4n) is 1.85. The Bertz CT molecular complexity index is 401. The summed E-state index contributed by atoms with van der Waals surface area (Å²) in [6.45, 7) is 1.19. The van der Waals surface area contributed by atoms with Gasteiger partial charge >= 0.3 is 6.18 Å². The van der Waals surface area contributed by atoms with E-state index in [1.54, 1.807) is 11.0 Å². The second-order valence-corrected chi connectivity index (χ2v) is 3.72. The number of hydrogen-bond donors (Lipinski definition) is 0. The van der Waals surface area contributed by atoms with E-state index in [-0.39, 0.29) is 18.1 Å². The Labute approximate surface area is 104 Å². The Morgan fingerprint density at radius 1 is 1.06 bits per heavy atom. The van der Waals surface area contributed by atoms with Crippen LogP contribution in [0.3, 0.4) is 0 Å². The van der Waals surface area contributed by atoms with Gasteiger partial charge in [0.1, 0.15) is 0 Å². The molecule has 0 fully saturated rings. The Hall–Kier alpha value is -1.16. The van der Waals surface area contributed by atoms with Gasteiger partial charge in [-0.2, -0.15) is 13.2 Å². The average Bonchev–Trinajstić information content (AvgIpc) is 2.29. The van der Waals surface area contributed by atoms with Gasteiger partial charge in [-0.3, -0.25) is 0 Å². The molecule has 0 unspecified atom stereocenters. The van der Waals surface area contributed by atoms with E-state index in [2.05, 4.69) is 0 Å². The lowest BCUT2D eigenvalue weighted by Crippen LogP contribution is -2.29. The molecular weight excluding hydrogens is 251 g/mol. The minimum Gasteiger partial charge on any atom is -0.367 e. The molecule has 1 aromatic rings. The van der Waals surface area contributed by atoms with E-state index in [0.717, 1.165) is 12.5 Å². The molecule has 0 aliphatic carbocycles. The molecule has 1 heterocycles. The second-order valence-electron chi connectivity index (χ2n) is 3.72. The summed E-state index contributed by atoms with van der Waals surface area (Å²) in [6, 6.07) is 5.73. The highest BCUT2D eigenvalue weighted by Gasteiger charge is 2.34. The van der Waals surface area contributed by atoms with Crippen molar-refractivity contribution in [1.82, 2.24) is 0 Å². The number of nitrogens with zero attached hydrogens (tertiary/aromatic N) is 1. The monoisotopic (exact) mass is 263 g/mol. The summed E-state index contributed by atoms with van der Waals surface area (Å²) in [5, 5.41) is 0. The van der Waals surface area contributed by atoms with Gasteiger partial charge in [0.25, 0.3) is 0 Å². The van der Waals surface area contributed by atoms with Gasteiger partial charge < -0.3 is 4.90 Å². The summed E-state index contributed by atoms with van der Waals surface area (Å²) >= 11 is 0. The minimum absolute atomic E-state index is 0. The maximum atomic E-state index is 12.8. The molecule has 0 bridgehead atoms. The van der Waals surface area contributed by atoms with Crippen molar-refractivity contribution in [2.45, 2.75) is 12.6 Å². The lowest BCUT2D eigenvalue weighted by Gasteiger charge is -2.28. The first-order valence-corrected chi connectivity index (χ1v) is 5.15. The van der Waals surface area contributed by atoms with E-state index in [4.69, 9.17) is 0 Å². The SMILES string of the molecule is Cl.FC(F)(F)c1ccccc1N1CC=CCC1. The van der Waals surface area contributed by atoms with Crippen LogP contribution in [0.1, 0.15) is 12.0 Å². The molecule has 0 radical (unpaired) electrons. The van der Waals surface area contributed by atoms with Crippen LogP contribution in [0.25, 0.3) is 0 Å². The van der Waals surface area contributed by atoms with Gasteiger partial charge in [0, 0.05) is 18.8 Å². The van der Waals surface area contributed by atoms with Gasteiger partial charge in [-0.05, 0) is 18.6 Å². The fraction of sp³-hybridized carbons (Fsp3) is 0.333. The summed E-state index contributed by atoms with van der Waals surface area (Å²) < 4.78 is 38.3. The summed E-state index contributed by atoms with van der Waals surface area (Å²) in [4.78, 5) is 1.75. The van der Waals surface area contributed by atoms with Gasteiger partial charge in [0.2, 0.25) is 0 Å². The normalized spacial score (nSPS) is 15.6. The zero-order valence-electron chi connectivity index (χ0n) is 9.07. The third kappa shape index (κ3) is 3.16. The molecule has 1 aromatic carbocycles.